The number of hydrogen-bond donors (Lipinski definition) is 2. The predicted octanol–water partition coefficient (Wildman–Crippen LogP) is 4.07. The zero-order chi connectivity index (χ0) is 16.4. The number of benzene rings is 2. The molecule has 1 fully saturated rings. The van der Waals surface area contributed by atoms with Crippen molar-refractivity contribution in [3.8, 4) is 0 Å². The first-order valence-electron chi connectivity index (χ1n) is 7.86. The second-order valence-electron chi connectivity index (χ2n) is 6.21. The molecule has 0 saturated heterocycles. The minimum Gasteiger partial charge on any atom is -0.478 e. The number of rotatable bonds is 6. The van der Waals surface area contributed by atoms with Crippen LogP contribution in [0.5, 0.6) is 0 Å². The largest absolute Gasteiger partial charge is 0.478 e. The standard InChI is InChI=1S/C19H20FNO2/c1-12-10-16(8-9-17(12)20)18(14-6-7-14)21-11-13-2-4-15(5-3-13)19(22)23/h2-5,8-10,14,18,21H,6-7,11H2,1H3,(H,22,23). The average molecular weight is 313 g/mol. The second kappa shape index (κ2) is 6.50. The fraction of sp³-hybridized carbons (Fsp3) is 0.316. The van der Waals surface area contributed by atoms with Crippen LogP contribution in [0.15, 0.2) is 42.5 Å². The van der Waals surface area contributed by atoms with Crippen LogP contribution in [0.1, 0.15) is 45.9 Å². The molecule has 0 spiro atoms. The molecule has 3 nitrogen and oxygen atoms in total. The lowest BCUT2D eigenvalue weighted by Gasteiger charge is -2.19. The van der Waals surface area contributed by atoms with Gasteiger partial charge in [0.25, 0.3) is 0 Å². The summed E-state index contributed by atoms with van der Waals surface area (Å²) in [7, 11) is 0. The Hall–Kier alpha value is -2.20. The van der Waals surface area contributed by atoms with Gasteiger partial charge >= 0.3 is 5.97 Å². The van der Waals surface area contributed by atoms with Crippen molar-refractivity contribution in [2.45, 2.75) is 32.4 Å². The van der Waals surface area contributed by atoms with Crippen LogP contribution in [-0.2, 0) is 6.54 Å². The van der Waals surface area contributed by atoms with E-state index in [9.17, 15) is 9.18 Å². The highest BCUT2D eigenvalue weighted by molar-refractivity contribution is 5.87. The van der Waals surface area contributed by atoms with Gasteiger partial charge in [0, 0.05) is 12.6 Å². The molecule has 0 radical (unpaired) electrons. The molecule has 2 N–H and O–H groups in total. The highest BCUT2D eigenvalue weighted by Crippen LogP contribution is 2.41. The van der Waals surface area contributed by atoms with Gasteiger partial charge in [-0.25, -0.2) is 9.18 Å². The summed E-state index contributed by atoms with van der Waals surface area (Å²) in [6, 6.07) is 12.4. The van der Waals surface area contributed by atoms with Crippen molar-refractivity contribution in [2.24, 2.45) is 5.92 Å². The topological polar surface area (TPSA) is 49.3 Å². The van der Waals surface area contributed by atoms with E-state index >= 15 is 0 Å². The Morgan fingerprint density at radius 1 is 1.26 bits per heavy atom. The Morgan fingerprint density at radius 2 is 1.96 bits per heavy atom. The van der Waals surface area contributed by atoms with E-state index in [1.807, 2.05) is 24.3 Å². The number of hydrogen-bond acceptors (Lipinski definition) is 2. The van der Waals surface area contributed by atoms with Crippen molar-refractivity contribution in [1.29, 1.82) is 0 Å². The summed E-state index contributed by atoms with van der Waals surface area (Å²) in [5.74, 6) is -0.493. The van der Waals surface area contributed by atoms with E-state index < -0.39 is 5.97 Å². The van der Waals surface area contributed by atoms with Gasteiger partial charge in [0.2, 0.25) is 0 Å². The maximum atomic E-state index is 13.5. The van der Waals surface area contributed by atoms with E-state index in [0.29, 0.717) is 23.6 Å². The molecular weight excluding hydrogens is 293 g/mol. The number of carboxylic acids is 1. The van der Waals surface area contributed by atoms with E-state index in [-0.39, 0.29) is 11.9 Å². The van der Waals surface area contributed by atoms with E-state index in [2.05, 4.69) is 5.32 Å². The summed E-state index contributed by atoms with van der Waals surface area (Å²) < 4.78 is 13.5. The molecule has 0 heterocycles. The van der Waals surface area contributed by atoms with Crippen molar-refractivity contribution >= 4 is 5.97 Å². The van der Waals surface area contributed by atoms with Gasteiger partial charge in [-0.1, -0.05) is 24.3 Å². The fourth-order valence-corrected chi connectivity index (χ4v) is 2.84. The van der Waals surface area contributed by atoms with Crippen molar-refractivity contribution in [3.63, 3.8) is 0 Å². The van der Waals surface area contributed by atoms with Crippen LogP contribution in [-0.4, -0.2) is 11.1 Å². The predicted molar refractivity (Wildman–Crippen MR) is 86.8 cm³/mol. The van der Waals surface area contributed by atoms with Gasteiger partial charge in [-0.05, 0) is 60.6 Å². The maximum absolute atomic E-state index is 13.5. The van der Waals surface area contributed by atoms with Crippen LogP contribution < -0.4 is 5.32 Å². The van der Waals surface area contributed by atoms with Gasteiger partial charge < -0.3 is 10.4 Å². The minimum atomic E-state index is -0.915. The molecule has 3 rings (SSSR count). The molecule has 4 heteroatoms. The van der Waals surface area contributed by atoms with Crippen LogP contribution in [0.3, 0.4) is 0 Å². The van der Waals surface area contributed by atoms with Crippen LogP contribution in [0, 0.1) is 18.7 Å². The molecule has 0 aromatic heterocycles. The average Bonchev–Trinajstić information content (AvgIpc) is 3.36. The summed E-state index contributed by atoms with van der Waals surface area (Å²) in [6.45, 7) is 2.45. The van der Waals surface area contributed by atoms with E-state index in [1.165, 1.54) is 18.9 Å². The van der Waals surface area contributed by atoms with Gasteiger partial charge in [0.15, 0.2) is 0 Å². The van der Waals surface area contributed by atoms with Crippen LogP contribution in [0.4, 0.5) is 4.39 Å². The first-order valence-corrected chi connectivity index (χ1v) is 7.86. The van der Waals surface area contributed by atoms with Crippen LogP contribution in [0.25, 0.3) is 0 Å². The number of halogens is 1. The summed E-state index contributed by atoms with van der Waals surface area (Å²) in [6.07, 6.45) is 2.37. The number of nitrogens with one attached hydrogen (secondary N) is 1. The van der Waals surface area contributed by atoms with E-state index in [1.54, 1.807) is 19.1 Å². The smallest absolute Gasteiger partial charge is 0.335 e. The van der Waals surface area contributed by atoms with Crippen molar-refractivity contribution < 1.29 is 14.3 Å². The number of aromatic carboxylic acids is 1. The van der Waals surface area contributed by atoms with Gasteiger partial charge in [0.1, 0.15) is 5.82 Å². The van der Waals surface area contributed by atoms with Crippen LogP contribution in [0.2, 0.25) is 0 Å². The third kappa shape index (κ3) is 3.77. The van der Waals surface area contributed by atoms with Gasteiger partial charge in [0.05, 0.1) is 5.56 Å². The summed E-state index contributed by atoms with van der Waals surface area (Å²) >= 11 is 0. The van der Waals surface area contributed by atoms with Gasteiger partial charge in [-0.2, -0.15) is 0 Å². The fourth-order valence-electron chi connectivity index (χ4n) is 2.84. The summed E-state index contributed by atoms with van der Waals surface area (Å²) in [4.78, 5) is 10.9. The molecule has 1 aliphatic carbocycles. The highest BCUT2D eigenvalue weighted by Gasteiger charge is 2.32. The van der Waals surface area contributed by atoms with Crippen molar-refractivity contribution in [1.82, 2.24) is 5.32 Å². The lowest BCUT2D eigenvalue weighted by molar-refractivity contribution is 0.0697. The molecule has 2 aromatic carbocycles. The Morgan fingerprint density at radius 3 is 2.52 bits per heavy atom. The monoisotopic (exact) mass is 313 g/mol. The zero-order valence-electron chi connectivity index (χ0n) is 13.1. The molecule has 1 saturated carbocycles. The molecule has 1 aliphatic rings. The number of carbonyl (C=O) groups is 1. The SMILES string of the molecule is Cc1cc(C(NCc2ccc(C(=O)O)cc2)C2CC2)ccc1F. The third-order valence-electron chi connectivity index (χ3n) is 4.36. The Balaban J connectivity index is 1.70. The molecule has 23 heavy (non-hydrogen) atoms. The maximum Gasteiger partial charge on any atom is 0.335 e. The van der Waals surface area contributed by atoms with Gasteiger partial charge in [-0.15, -0.1) is 0 Å². The third-order valence-corrected chi connectivity index (χ3v) is 4.36. The van der Waals surface area contributed by atoms with Gasteiger partial charge in [-0.3, -0.25) is 0 Å². The summed E-state index contributed by atoms with van der Waals surface area (Å²) in [5.41, 5.74) is 3.12. The first kappa shape index (κ1) is 15.7. The number of carboxylic acid groups (broad SMARTS) is 1. The Bertz CT molecular complexity index is 708. The van der Waals surface area contributed by atoms with E-state index in [4.69, 9.17) is 5.11 Å². The Labute approximate surface area is 135 Å². The quantitative estimate of drug-likeness (QED) is 0.845. The molecular formula is C19H20FNO2. The molecule has 120 valence electrons. The minimum absolute atomic E-state index is 0.174. The second-order valence-corrected chi connectivity index (χ2v) is 6.21. The first-order chi connectivity index (χ1) is 11.0. The van der Waals surface area contributed by atoms with Crippen molar-refractivity contribution in [2.75, 3.05) is 0 Å². The molecule has 1 unspecified atom stereocenters. The molecule has 1 atom stereocenters. The lowest BCUT2D eigenvalue weighted by atomic mass is 9.99. The zero-order valence-corrected chi connectivity index (χ0v) is 13.1. The summed E-state index contributed by atoms with van der Waals surface area (Å²) in [5, 5.41) is 12.5. The Kier molecular flexibility index (Phi) is 4.44. The molecule has 0 aliphatic heterocycles. The molecule has 2 aromatic rings. The van der Waals surface area contributed by atoms with Crippen LogP contribution >= 0.6 is 0 Å². The highest BCUT2D eigenvalue weighted by atomic mass is 19.1. The lowest BCUT2D eigenvalue weighted by Crippen LogP contribution is -2.23. The normalized spacial score (nSPS) is 15.4. The molecule has 0 bridgehead atoms. The molecule has 0 amide bonds. The number of aryl methyl sites for hydroxylation is 1. The van der Waals surface area contributed by atoms with E-state index in [0.717, 1.165) is 11.1 Å². The van der Waals surface area contributed by atoms with Crippen molar-refractivity contribution in [3.05, 3.63) is 70.5 Å².